The van der Waals surface area contributed by atoms with E-state index in [1.165, 1.54) is 82.7 Å². The van der Waals surface area contributed by atoms with Crippen LogP contribution in [0.25, 0.3) is 54.9 Å². The van der Waals surface area contributed by atoms with E-state index < -0.39 is 5.41 Å². The average molecular weight is 613 g/mol. The summed E-state index contributed by atoms with van der Waals surface area (Å²) in [5, 5.41) is 5.33. The summed E-state index contributed by atoms with van der Waals surface area (Å²) >= 11 is 0. The highest BCUT2D eigenvalue weighted by Crippen LogP contribution is 2.56. The summed E-state index contributed by atoms with van der Waals surface area (Å²) in [5.74, 6) is 0.432. The summed E-state index contributed by atoms with van der Waals surface area (Å²) in [6, 6.07) is 65.3. The van der Waals surface area contributed by atoms with Crippen LogP contribution in [0.4, 0.5) is 0 Å². The summed E-state index contributed by atoms with van der Waals surface area (Å²) in [7, 11) is 0. The molecule has 0 amide bonds. The number of hydrogen-bond acceptors (Lipinski definition) is 0. The predicted molar refractivity (Wildman–Crippen MR) is 204 cm³/mol. The molecule has 48 heavy (non-hydrogen) atoms. The van der Waals surface area contributed by atoms with Gasteiger partial charge < -0.3 is 0 Å². The highest BCUT2D eigenvalue weighted by molar-refractivity contribution is 6.15. The van der Waals surface area contributed by atoms with Gasteiger partial charge in [0.1, 0.15) is 0 Å². The van der Waals surface area contributed by atoms with Crippen molar-refractivity contribution in [3.63, 3.8) is 0 Å². The summed E-state index contributed by atoms with van der Waals surface area (Å²) in [5.41, 5.74) is 13.9. The molecule has 0 heterocycles. The van der Waals surface area contributed by atoms with Gasteiger partial charge in [-0.05, 0) is 94.7 Å². The molecule has 0 atom stereocenters. The Kier molecular flexibility index (Phi) is 6.66. The van der Waals surface area contributed by atoms with Crippen LogP contribution < -0.4 is 0 Å². The molecule has 1 aliphatic rings. The third kappa shape index (κ3) is 4.16. The number of fused-ring (bicyclic) bond motifs is 5. The second-order valence-electron chi connectivity index (χ2n) is 13.4. The molecule has 0 aliphatic heterocycles. The first-order valence-corrected chi connectivity index (χ1v) is 17.1. The fourth-order valence-electron chi connectivity index (χ4n) is 8.55. The van der Waals surface area contributed by atoms with Crippen LogP contribution in [0.3, 0.4) is 0 Å². The van der Waals surface area contributed by atoms with Gasteiger partial charge in [-0.1, -0.05) is 184 Å². The molecule has 0 bridgehead atoms. The van der Waals surface area contributed by atoms with Gasteiger partial charge in [0.2, 0.25) is 0 Å². The molecule has 8 aromatic rings. The van der Waals surface area contributed by atoms with E-state index in [0.29, 0.717) is 5.92 Å². The number of rotatable bonds is 5. The Morgan fingerprint density at radius 3 is 1.42 bits per heavy atom. The van der Waals surface area contributed by atoms with Gasteiger partial charge >= 0.3 is 0 Å². The molecule has 0 spiro atoms. The molecule has 0 saturated carbocycles. The fourth-order valence-corrected chi connectivity index (χ4v) is 8.55. The van der Waals surface area contributed by atoms with Crippen molar-refractivity contribution in [2.24, 2.45) is 0 Å². The Morgan fingerprint density at radius 1 is 0.375 bits per heavy atom. The van der Waals surface area contributed by atoms with Crippen molar-refractivity contribution in [3.05, 3.63) is 204 Å². The minimum atomic E-state index is -0.402. The lowest BCUT2D eigenvalue weighted by Crippen LogP contribution is -2.28. The second-order valence-corrected chi connectivity index (χ2v) is 13.4. The maximum absolute atomic E-state index is 2.45. The summed E-state index contributed by atoms with van der Waals surface area (Å²) in [4.78, 5) is 0. The van der Waals surface area contributed by atoms with E-state index in [4.69, 9.17) is 0 Å². The lowest BCUT2D eigenvalue weighted by atomic mass is 9.67. The smallest absolute Gasteiger partial charge is 0.0622 e. The van der Waals surface area contributed by atoms with Crippen LogP contribution in [0.15, 0.2) is 176 Å². The summed E-state index contributed by atoms with van der Waals surface area (Å²) in [6.45, 7) is 4.62. The summed E-state index contributed by atoms with van der Waals surface area (Å²) in [6.07, 6.45) is 0. The molecule has 0 saturated heterocycles. The normalized spacial score (nSPS) is 13.1. The van der Waals surface area contributed by atoms with Crippen LogP contribution in [0, 0.1) is 0 Å². The molecule has 9 rings (SSSR count). The van der Waals surface area contributed by atoms with Crippen LogP contribution in [-0.4, -0.2) is 0 Å². The van der Waals surface area contributed by atoms with E-state index in [2.05, 4.69) is 190 Å². The molecule has 0 heteroatoms. The first kappa shape index (κ1) is 28.5. The number of hydrogen-bond donors (Lipinski definition) is 0. The molecular weight excluding hydrogens is 577 g/mol. The maximum Gasteiger partial charge on any atom is 0.0713 e. The predicted octanol–water partition coefficient (Wildman–Crippen LogP) is 12.8. The molecule has 0 radical (unpaired) electrons. The molecule has 0 N–H and O–H groups in total. The van der Waals surface area contributed by atoms with E-state index in [1.54, 1.807) is 0 Å². The van der Waals surface area contributed by atoms with Crippen molar-refractivity contribution >= 4 is 21.5 Å². The zero-order valence-electron chi connectivity index (χ0n) is 27.3. The van der Waals surface area contributed by atoms with Crippen LogP contribution >= 0.6 is 0 Å². The number of benzene rings is 8. The Balaban J connectivity index is 1.23. The van der Waals surface area contributed by atoms with E-state index in [9.17, 15) is 0 Å². The van der Waals surface area contributed by atoms with Crippen molar-refractivity contribution in [1.82, 2.24) is 0 Å². The van der Waals surface area contributed by atoms with E-state index >= 15 is 0 Å². The monoisotopic (exact) mass is 612 g/mol. The molecule has 8 aromatic carbocycles. The van der Waals surface area contributed by atoms with Crippen molar-refractivity contribution in [1.29, 1.82) is 0 Å². The first-order chi connectivity index (χ1) is 23.7. The standard InChI is InChI=1S/C48H36/c1-32(2)46-40-20-9-11-22-42(40)47(43-23-12-10-21-41(43)46)34-27-25-33(26-28-34)35-29-30-39-38-19-13-14-24-44(38)48(45(39)31-35,36-15-5-3-6-16-36)37-17-7-4-8-18-37/h3-32H,1-2H3. The Morgan fingerprint density at radius 2 is 0.833 bits per heavy atom. The quantitative estimate of drug-likeness (QED) is 0.170. The zero-order chi connectivity index (χ0) is 32.2. The SMILES string of the molecule is CC(C)c1c2ccccc2c(-c2ccc(-c3ccc4c(c3)C(c3ccccc3)(c3ccccc3)c3ccccc3-4)cc2)c2ccccc12. The molecule has 228 valence electrons. The van der Waals surface area contributed by atoms with Gasteiger partial charge in [0.25, 0.3) is 0 Å². The van der Waals surface area contributed by atoms with Crippen LogP contribution in [0.5, 0.6) is 0 Å². The van der Waals surface area contributed by atoms with Gasteiger partial charge in [-0.25, -0.2) is 0 Å². The van der Waals surface area contributed by atoms with E-state index in [-0.39, 0.29) is 0 Å². The molecular formula is C48H36. The lowest BCUT2D eigenvalue weighted by molar-refractivity contribution is 0.769. The van der Waals surface area contributed by atoms with Gasteiger partial charge in [0.15, 0.2) is 0 Å². The third-order valence-corrected chi connectivity index (χ3v) is 10.5. The molecule has 0 unspecified atom stereocenters. The van der Waals surface area contributed by atoms with Gasteiger partial charge in [0, 0.05) is 0 Å². The Bertz CT molecular complexity index is 2350. The third-order valence-electron chi connectivity index (χ3n) is 10.5. The fraction of sp³-hybridized carbons (Fsp3) is 0.0833. The zero-order valence-corrected chi connectivity index (χ0v) is 27.3. The molecule has 1 aliphatic carbocycles. The Labute approximate surface area is 283 Å². The molecule has 0 nitrogen and oxygen atoms in total. The van der Waals surface area contributed by atoms with Crippen molar-refractivity contribution in [3.8, 4) is 33.4 Å². The molecule has 0 fully saturated rings. The lowest BCUT2D eigenvalue weighted by Gasteiger charge is -2.34. The van der Waals surface area contributed by atoms with Crippen LogP contribution in [0.1, 0.15) is 47.6 Å². The largest absolute Gasteiger partial charge is 0.0713 e. The average Bonchev–Trinajstić information content (AvgIpc) is 3.45. The maximum atomic E-state index is 2.45. The van der Waals surface area contributed by atoms with Crippen LogP contribution in [0.2, 0.25) is 0 Å². The minimum absolute atomic E-state index is 0.402. The van der Waals surface area contributed by atoms with Gasteiger partial charge in [-0.15, -0.1) is 0 Å². The van der Waals surface area contributed by atoms with E-state index in [0.717, 1.165) is 0 Å². The topological polar surface area (TPSA) is 0 Å². The summed E-state index contributed by atoms with van der Waals surface area (Å²) < 4.78 is 0. The van der Waals surface area contributed by atoms with E-state index in [1.807, 2.05) is 0 Å². The van der Waals surface area contributed by atoms with Crippen molar-refractivity contribution in [2.75, 3.05) is 0 Å². The van der Waals surface area contributed by atoms with Crippen LogP contribution in [-0.2, 0) is 5.41 Å². The second kappa shape index (κ2) is 11.2. The van der Waals surface area contributed by atoms with Gasteiger partial charge in [-0.2, -0.15) is 0 Å². The van der Waals surface area contributed by atoms with Crippen molar-refractivity contribution < 1.29 is 0 Å². The highest BCUT2D eigenvalue weighted by Gasteiger charge is 2.46. The minimum Gasteiger partial charge on any atom is -0.0622 e. The highest BCUT2D eigenvalue weighted by atomic mass is 14.5. The van der Waals surface area contributed by atoms with Gasteiger partial charge in [0.05, 0.1) is 5.41 Å². The van der Waals surface area contributed by atoms with Crippen molar-refractivity contribution in [2.45, 2.75) is 25.2 Å². The molecule has 0 aromatic heterocycles. The van der Waals surface area contributed by atoms with Gasteiger partial charge in [-0.3, -0.25) is 0 Å². The first-order valence-electron chi connectivity index (χ1n) is 17.1. The Hall–Kier alpha value is -5.72.